The molecular weight excluding hydrogens is 248 g/mol. The fraction of sp³-hybridized carbons (Fsp3) is 0.118. The van der Waals surface area contributed by atoms with Crippen LogP contribution in [0.5, 0.6) is 0 Å². The van der Waals surface area contributed by atoms with Gasteiger partial charge in [-0.2, -0.15) is 0 Å². The third-order valence-electron chi connectivity index (χ3n) is 2.97. The molecule has 0 saturated heterocycles. The first kappa shape index (κ1) is 13.9. The van der Waals surface area contributed by atoms with Gasteiger partial charge in [-0.1, -0.05) is 60.3 Å². The van der Waals surface area contributed by atoms with Gasteiger partial charge in [0.15, 0.2) is 0 Å². The molecule has 20 heavy (non-hydrogen) atoms. The maximum atomic E-state index is 5.98. The van der Waals surface area contributed by atoms with E-state index in [1.165, 1.54) is 0 Å². The molecule has 0 aliphatic carbocycles. The lowest BCUT2D eigenvalue weighted by molar-refractivity contribution is 0.175. The van der Waals surface area contributed by atoms with E-state index in [-0.39, 0.29) is 0 Å². The number of nitrogen functional groups attached to an aromatic ring is 1. The van der Waals surface area contributed by atoms with E-state index in [2.05, 4.69) is 11.7 Å². The van der Waals surface area contributed by atoms with Crippen molar-refractivity contribution >= 4 is 11.4 Å². The molecule has 3 nitrogen and oxygen atoms in total. The van der Waals surface area contributed by atoms with Crippen molar-refractivity contribution < 1.29 is 4.84 Å². The quantitative estimate of drug-likeness (QED) is 0.294. The van der Waals surface area contributed by atoms with Crippen molar-refractivity contribution in [1.29, 1.82) is 0 Å². The summed E-state index contributed by atoms with van der Waals surface area (Å²) < 4.78 is 0. The summed E-state index contributed by atoms with van der Waals surface area (Å²) in [4.78, 5) is 5.08. The molecule has 0 saturated carbocycles. The van der Waals surface area contributed by atoms with Crippen molar-refractivity contribution in [3.63, 3.8) is 0 Å². The smallest absolute Gasteiger partial charge is 0.135 e. The minimum absolute atomic E-state index is 0.413. The summed E-state index contributed by atoms with van der Waals surface area (Å²) in [5.74, 6) is 0. The summed E-state index contributed by atoms with van der Waals surface area (Å²) in [7, 11) is 0. The maximum Gasteiger partial charge on any atom is 0.135 e. The van der Waals surface area contributed by atoms with Crippen LogP contribution in [0.3, 0.4) is 0 Å². The Morgan fingerprint density at radius 2 is 1.90 bits per heavy atom. The van der Waals surface area contributed by atoms with Crippen LogP contribution in [-0.4, -0.2) is 12.3 Å². The molecule has 3 heteroatoms. The molecule has 0 amide bonds. The molecule has 0 radical (unpaired) electrons. The van der Waals surface area contributed by atoms with E-state index < -0.39 is 0 Å². The largest absolute Gasteiger partial charge is 0.398 e. The van der Waals surface area contributed by atoms with E-state index >= 15 is 0 Å². The topological polar surface area (TPSA) is 47.6 Å². The standard InChI is InChI=1S/C17H18N2O/c1-3-12-20-19-13(2)14-8-10-15(11-9-14)16-6-4-5-7-17(16)18/h3-11H,1,12,18H2,2H3/b19-13+. The fourth-order valence-electron chi connectivity index (χ4n) is 1.89. The summed E-state index contributed by atoms with van der Waals surface area (Å²) in [6.45, 7) is 5.90. The number of hydrogen-bond donors (Lipinski definition) is 1. The van der Waals surface area contributed by atoms with E-state index in [0.29, 0.717) is 6.61 Å². The molecule has 0 aliphatic heterocycles. The van der Waals surface area contributed by atoms with Gasteiger partial charge in [0, 0.05) is 11.3 Å². The van der Waals surface area contributed by atoms with Crippen molar-refractivity contribution in [2.24, 2.45) is 5.16 Å². The van der Waals surface area contributed by atoms with Crippen LogP contribution in [0.15, 0.2) is 66.3 Å². The Bertz CT molecular complexity index is 615. The van der Waals surface area contributed by atoms with Gasteiger partial charge in [-0.25, -0.2) is 0 Å². The monoisotopic (exact) mass is 266 g/mol. The molecule has 2 rings (SSSR count). The zero-order chi connectivity index (χ0) is 14.4. The Balaban J connectivity index is 2.20. The molecule has 0 unspecified atom stereocenters. The van der Waals surface area contributed by atoms with E-state index in [1.54, 1.807) is 6.08 Å². The predicted octanol–water partition coefficient (Wildman–Crippen LogP) is 3.86. The second-order valence-corrected chi connectivity index (χ2v) is 4.43. The number of nitrogens with zero attached hydrogens (tertiary/aromatic N) is 1. The van der Waals surface area contributed by atoms with Gasteiger partial charge in [0.1, 0.15) is 6.61 Å². The molecule has 0 spiro atoms. The number of para-hydroxylation sites is 1. The van der Waals surface area contributed by atoms with Gasteiger partial charge in [-0.15, -0.1) is 0 Å². The van der Waals surface area contributed by atoms with Crippen molar-refractivity contribution in [1.82, 2.24) is 0 Å². The molecule has 0 aliphatic rings. The summed E-state index contributed by atoms with van der Waals surface area (Å²) in [5, 5.41) is 4.02. The molecular formula is C17H18N2O. The summed E-state index contributed by atoms with van der Waals surface area (Å²) in [5.41, 5.74) is 10.7. The highest BCUT2D eigenvalue weighted by atomic mass is 16.6. The van der Waals surface area contributed by atoms with Crippen LogP contribution in [0.25, 0.3) is 11.1 Å². The lowest BCUT2D eigenvalue weighted by Crippen LogP contribution is -1.97. The average molecular weight is 266 g/mol. The SMILES string of the molecule is C=CCO/N=C(\C)c1ccc(-c2ccccc2N)cc1. The number of nitrogens with two attached hydrogens (primary N) is 1. The molecule has 0 aromatic heterocycles. The fourth-order valence-corrected chi connectivity index (χ4v) is 1.89. The van der Waals surface area contributed by atoms with Gasteiger partial charge in [0.2, 0.25) is 0 Å². The molecule has 0 fully saturated rings. The Hall–Kier alpha value is -2.55. The molecule has 0 bridgehead atoms. The number of hydrogen-bond acceptors (Lipinski definition) is 3. The summed E-state index contributed by atoms with van der Waals surface area (Å²) in [6.07, 6.45) is 1.66. The van der Waals surface area contributed by atoms with Crippen LogP contribution in [0.1, 0.15) is 12.5 Å². The van der Waals surface area contributed by atoms with Crippen molar-refractivity contribution in [3.8, 4) is 11.1 Å². The normalized spacial score (nSPS) is 11.2. The molecule has 102 valence electrons. The highest BCUT2D eigenvalue weighted by molar-refractivity contribution is 5.98. The minimum Gasteiger partial charge on any atom is -0.398 e. The second kappa shape index (κ2) is 6.57. The first-order valence-electron chi connectivity index (χ1n) is 6.45. The molecule has 2 aromatic carbocycles. The van der Waals surface area contributed by atoms with Crippen molar-refractivity contribution in [2.45, 2.75) is 6.92 Å². The second-order valence-electron chi connectivity index (χ2n) is 4.43. The van der Waals surface area contributed by atoms with Crippen molar-refractivity contribution in [2.75, 3.05) is 12.3 Å². The van der Waals surface area contributed by atoms with E-state index in [9.17, 15) is 0 Å². The van der Waals surface area contributed by atoms with Crippen LogP contribution >= 0.6 is 0 Å². The number of oxime groups is 1. The Morgan fingerprint density at radius 1 is 1.20 bits per heavy atom. The molecule has 0 atom stereocenters. The van der Waals surface area contributed by atoms with Crippen LogP contribution in [0.4, 0.5) is 5.69 Å². The van der Waals surface area contributed by atoms with Gasteiger partial charge in [-0.3, -0.25) is 0 Å². The van der Waals surface area contributed by atoms with E-state index in [1.807, 2.05) is 55.5 Å². The third-order valence-corrected chi connectivity index (χ3v) is 2.97. The summed E-state index contributed by atoms with van der Waals surface area (Å²) in [6, 6.07) is 15.9. The number of rotatable bonds is 5. The Kier molecular flexibility index (Phi) is 4.56. The van der Waals surface area contributed by atoms with Crippen LogP contribution in [0, 0.1) is 0 Å². The van der Waals surface area contributed by atoms with Gasteiger partial charge >= 0.3 is 0 Å². The predicted molar refractivity (Wildman–Crippen MR) is 84.7 cm³/mol. The van der Waals surface area contributed by atoms with Crippen LogP contribution in [0.2, 0.25) is 0 Å². The average Bonchev–Trinajstić information content (AvgIpc) is 2.48. The minimum atomic E-state index is 0.413. The lowest BCUT2D eigenvalue weighted by Gasteiger charge is -2.07. The van der Waals surface area contributed by atoms with Gasteiger partial charge in [-0.05, 0) is 24.1 Å². The number of anilines is 1. The van der Waals surface area contributed by atoms with Gasteiger partial charge in [0.25, 0.3) is 0 Å². The summed E-state index contributed by atoms with van der Waals surface area (Å²) >= 11 is 0. The molecule has 2 aromatic rings. The van der Waals surface area contributed by atoms with E-state index in [0.717, 1.165) is 28.1 Å². The molecule has 2 N–H and O–H groups in total. The highest BCUT2D eigenvalue weighted by Gasteiger charge is 2.03. The lowest BCUT2D eigenvalue weighted by atomic mass is 10.0. The Labute approximate surface area is 119 Å². The maximum absolute atomic E-state index is 5.98. The van der Waals surface area contributed by atoms with Gasteiger partial charge < -0.3 is 10.6 Å². The highest BCUT2D eigenvalue weighted by Crippen LogP contribution is 2.25. The van der Waals surface area contributed by atoms with Crippen LogP contribution < -0.4 is 5.73 Å². The zero-order valence-electron chi connectivity index (χ0n) is 11.5. The molecule has 0 heterocycles. The van der Waals surface area contributed by atoms with E-state index in [4.69, 9.17) is 10.6 Å². The zero-order valence-corrected chi connectivity index (χ0v) is 11.5. The van der Waals surface area contributed by atoms with Crippen molar-refractivity contribution in [3.05, 3.63) is 66.7 Å². The Morgan fingerprint density at radius 3 is 2.55 bits per heavy atom. The number of benzene rings is 2. The first-order valence-corrected chi connectivity index (χ1v) is 6.45. The van der Waals surface area contributed by atoms with Gasteiger partial charge in [0.05, 0.1) is 5.71 Å². The first-order chi connectivity index (χ1) is 9.72. The third kappa shape index (κ3) is 3.26. The van der Waals surface area contributed by atoms with Crippen LogP contribution in [-0.2, 0) is 4.84 Å².